The first-order chi connectivity index (χ1) is 17.2. The first-order valence-electron chi connectivity index (χ1n) is 12.0. The van der Waals surface area contributed by atoms with Crippen LogP contribution in [0.4, 0.5) is 5.82 Å². The van der Waals surface area contributed by atoms with E-state index in [1.165, 1.54) is 0 Å². The summed E-state index contributed by atoms with van der Waals surface area (Å²) in [5.74, 6) is 0.766. The number of nitrogen functional groups attached to an aromatic ring is 1. The molecule has 0 spiro atoms. The van der Waals surface area contributed by atoms with E-state index in [1.54, 1.807) is 16.6 Å². The van der Waals surface area contributed by atoms with Crippen LogP contribution in [0.3, 0.4) is 0 Å². The molecule has 5 rings (SSSR count). The third kappa shape index (κ3) is 3.86. The number of nitrogens with zero attached hydrogens (tertiary/aromatic N) is 7. The largest absolute Gasteiger partial charge is 0.382 e. The number of amides is 1. The van der Waals surface area contributed by atoms with Crippen LogP contribution in [-0.4, -0.2) is 47.4 Å². The molecule has 0 saturated heterocycles. The maximum atomic E-state index is 13.8. The second-order valence-electron chi connectivity index (χ2n) is 9.34. The van der Waals surface area contributed by atoms with Crippen LogP contribution in [0.5, 0.6) is 0 Å². The van der Waals surface area contributed by atoms with Crippen LogP contribution in [-0.2, 0) is 20.1 Å². The Kier molecular flexibility index (Phi) is 5.70. The van der Waals surface area contributed by atoms with Gasteiger partial charge in [0.15, 0.2) is 11.6 Å². The predicted molar refractivity (Wildman–Crippen MR) is 142 cm³/mol. The summed E-state index contributed by atoms with van der Waals surface area (Å²) in [5.41, 5.74) is 13.1. The van der Waals surface area contributed by atoms with Gasteiger partial charge >= 0.3 is 0 Å². The summed E-state index contributed by atoms with van der Waals surface area (Å²) in [6.45, 7) is 9.30. The van der Waals surface area contributed by atoms with Crippen molar-refractivity contribution in [2.75, 3.05) is 12.8 Å². The Morgan fingerprint density at radius 3 is 2.58 bits per heavy atom. The van der Waals surface area contributed by atoms with Crippen molar-refractivity contribution in [2.45, 2.75) is 40.8 Å². The second kappa shape index (κ2) is 8.75. The van der Waals surface area contributed by atoms with E-state index >= 15 is 0 Å². The van der Waals surface area contributed by atoms with Crippen molar-refractivity contribution in [1.82, 2.24) is 34.4 Å². The van der Waals surface area contributed by atoms with Crippen LogP contribution in [0.2, 0.25) is 0 Å². The Balaban J connectivity index is 1.63. The number of carbonyl (C=O) groups is 1. The predicted octanol–water partition coefficient (Wildman–Crippen LogP) is 4.18. The van der Waals surface area contributed by atoms with E-state index in [2.05, 4.69) is 10.2 Å². The number of anilines is 1. The zero-order valence-corrected chi connectivity index (χ0v) is 21.5. The smallest absolute Gasteiger partial charge is 0.273 e. The molecule has 2 aromatic carbocycles. The minimum Gasteiger partial charge on any atom is -0.382 e. The van der Waals surface area contributed by atoms with E-state index in [4.69, 9.17) is 15.7 Å². The van der Waals surface area contributed by atoms with Crippen molar-refractivity contribution < 1.29 is 4.79 Å². The van der Waals surface area contributed by atoms with Crippen LogP contribution in [0.25, 0.3) is 33.2 Å². The fraction of sp³-hybridized carbons (Fsp3) is 0.296. The second-order valence-corrected chi connectivity index (χ2v) is 9.34. The summed E-state index contributed by atoms with van der Waals surface area (Å²) in [6, 6.07) is 9.89. The Bertz CT molecular complexity index is 1650. The third-order valence-corrected chi connectivity index (χ3v) is 6.78. The Hall–Kier alpha value is -4.27. The topological polar surface area (TPSA) is 108 Å². The standard InChI is InChI=1S/C27H30N8O/c1-7-35-17(4)18(13-29-35)14-33(5)27(36)24-20-10-15(2)8-9-22(20)30-26(31-24)19-12-21-23(11-16(19)3)34(6)32-25(21)28/h8-13H,7,14H2,1-6H3,(H2,28,32). The highest BCUT2D eigenvalue weighted by molar-refractivity contribution is 6.05. The summed E-state index contributed by atoms with van der Waals surface area (Å²) in [7, 11) is 3.66. The maximum absolute atomic E-state index is 13.8. The van der Waals surface area contributed by atoms with Gasteiger partial charge in [-0.15, -0.1) is 0 Å². The van der Waals surface area contributed by atoms with Crippen molar-refractivity contribution in [3.63, 3.8) is 0 Å². The van der Waals surface area contributed by atoms with E-state index in [-0.39, 0.29) is 5.91 Å². The molecule has 0 saturated carbocycles. The fourth-order valence-corrected chi connectivity index (χ4v) is 4.67. The quantitative estimate of drug-likeness (QED) is 0.403. The van der Waals surface area contributed by atoms with Crippen LogP contribution >= 0.6 is 0 Å². The van der Waals surface area contributed by atoms with E-state index in [0.717, 1.165) is 56.3 Å². The first kappa shape index (κ1) is 23.5. The maximum Gasteiger partial charge on any atom is 0.273 e. The summed E-state index contributed by atoms with van der Waals surface area (Å²) in [5, 5.41) is 10.3. The van der Waals surface area contributed by atoms with Gasteiger partial charge in [-0.25, -0.2) is 9.97 Å². The van der Waals surface area contributed by atoms with Crippen LogP contribution in [0.1, 0.15) is 39.8 Å². The molecule has 1 amide bonds. The van der Waals surface area contributed by atoms with Gasteiger partial charge in [0.2, 0.25) is 0 Å². The number of aromatic nitrogens is 6. The molecule has 0 atom stereocenters. The van der Waals surface area contributed by atoms with Crippen molar-refractivity contribution in [2.24, 2.45) is 7.05 Å². The van der Waals surface area contributed by atoms with E-state index in [0.29, 0.717) is 23.9 Å². The lowest BCUT2D eigenvalue weighted by atomic mass is 10.0. The average Bonchev–Trinajstić information content (AvgIpc) is 3.34. The van der Waals surface area contributed by atoms with Gasteiger partial charge in [0.1, 0.15) is 5.69 Å². The molecule has 0 aliphatic heterocycles. The SMILES string of the molecule is CCn1ncc(CN(C)C(=O)c2nc(-c3cc4c(N)nn(C)c4cc3C)nc3ccc(C)cc23)c1C. The molecule has 0 radical (unpaired) electrons. The number of rotatable bonds is 5. The molecule has 0 unspecified atom stereocenters. The molecule has 36 heavy (non-hydrogen) atoms. The van der Waals surface area contributed by atoms with Crippen molar-refractivity contribution in [1.29, 1.82) is 0 Å². The van der Waals surface area contributed by atoms with Gasteiger partial charge in [-0.2, -0.15) is 10.2 Å². The van der Waals surface area contributed by atoms with Gasteiger partial charge in [-0.1, -0.05) is 11.6 Å². The van der Waals surface area contributed by atoms with Crippen molar-refractivity contribution in [3.8, 4) is 11.4 Å². The minimum atomic E-state index is -0.169. The molecule has 9 nitrogen and oxygen atoms in total. The lowest BCUT2D eigenvalue weighted by molar-refractivity contribution is 0.0781. The van der Waals surface area contributed by atoms with Gasteiger partial charge in [0, 0.05) is 54.8 Å². The monoisotopic (exact) mass is 482 g/mol. The number of hydrogen-bond donors (Lipinski definition) is 1. The van der Waals surface area contributed by atoms with Crippen LogP contribution < -0.4 is 5.73 Å². The first-order valence-corrected chi connectivity index (χ1v) is 12.0. The summed E-state index contributed by atoms with van der Waals surface area (Å²) in [4.78, 5) is 25.1. The molecule has 0 bridgehead atoms. The highest BCUT2D eigenvalue weighted by atomic mass is 16.2. The molecule has 0 aliphatic rings. The molecule has 3 aromatic heterocycles. The van der Waals surface area contributed by atoms with Crippen LogP contribution in [0.15, 0.2) is 36.5 Å². The number of hydrogen-bond acceptors (Lipinski definition) is 6. The van der Waals surface area contributed by atoms with E-state index in [9.17, 15) is 4.79 Å². The van der Waals surface area contributed by atoms with Gasteiger partial charge < -0.3 is 10.6 Å². The minimum absolute atomic E-state index is 0.169. The normalized spacial score (nSPS) is 11.5. The molecule has 5 aromatic rings. The van der Waals surface area contributed by atoms with E-state index in [1.807, 2.05) is 76.0 Å². The lowest BCUT2D eigenvalue weighted by Crippen LogP contribution is -2.28. The van der Waals surface area contributed by atoms with Crippen molar-refractivity contribution in [3.05, 3.63) is 64.6 Å². The average molecular weight is 483 g/mol. The fourth-order valence-electron chi connectivity index (χ4n) is 4.67. The Labute approximate surface area is 209 Å². The number of nitrogens with two attached hydrogens (primary N) is 1. The Morgan fingerprint density at radius 2 is 1.86 bits per heavy atom. The van der Waals surface area contributed by atoms with E-state index < -0.39 is 0 Å². The molecule has 184 valence electrons. The number of fused-ring (bicyclic) bond motifs is 2. The molecule has 2 N–H and O–H groups in total. The van der Waals surface area contributed by atoms with Gasteiger partial charge in [0.05, 0.1) is 17.2 Å². The summed E-state index contributed by atoms with van der Waals surface area (Å²) >= 11 is 0. The Morgan fingerprint density at radius 1 is 1.08 bits per heavy atom. The number of benzene rings is 2. The number of aryl methyl sites for hydroxylation is 4. The molecule has 0 aliphatic carbocycles. The highest BCUT2D eigenvalue weighted by Crippen LogP contribution is 2.31. The van der Waals surface area contributed by atoms with Crippen molar-refractivity contribution >= 4 is 33.5 Å². The third-order valence-electron chi connectivity index (χ3n) is 6.78. The zero-order chi connectivity index (χ0) is 25.7. The molecular weight excluding hydrogens is 452 g/mol. The summed E-state index contributed by atoms with van der Waals surface area (Å²) in [6.07, 6.45) is 1.83. The molecule has 3 heterocycles. The highest BCUT2D eigenvalue weighted by Gasteiger charge is 2.22. The molecule has 0 fully saturated rings. The molecular formula is C27H30N8O. The zero-order valence-electron chi connectivity index (χ0n) is 21.5. The van der Waals surface area contributed by atoms with Gasteiger partial charge in [0.25, 0.3) is 5.91 Å². The van der Waals surface area contributed by atoms with Gasteiger partial charge in [-0.05, 0) is 57.5 Å². The number of carbonyl (C=O) groups excluding carboxylic acids is 1. The lowest BCUT2D eigenvalue weighted by Gasteiger charge is -2.18. The van der Waals surface area contributed by atoms with Gasteiger partial charge in [-0.3, -0.25) is 14.2 Å². The summed E-state index contributed by atoms with van der Waals surface area (Å²) < 4.78 is 3.69. The molecule has 9 heteroatoms. The van der Waals surface area contributed by atoms with Crippen LogP contribution in [0, 0.1) is 20.8 Å².